The number of carboxylic acid groups (broad SMARTS) is 1. The maximum Gasteiger partial charge on any atom is 0.336 e. The smallest absolute Gasteiger partial charge is 0.336 e. The van der Waals surface area contributed by atoms with E-state index in [9.17, 15) is 9.59 Å². The summed E-state index contributed by atoms with van der Waals surface area (Å²) < 4.78 is 0. The molecule has 0 fully saturated rings. The zero-order valence-corrected chi connectivity index (χ0v) is 7.41. The molecule has 15 heavy (non-hydrogen) atoms. The number of aliphatic carboxylic acids is 1. The average molecular weight is 206 g/mol. The highest BCUT2D eigenvalue weighted by Crippen LogP contribution is 2.17. The molecule has 0 radical (unpaired) electrons. The van der Waals surface area contributed by atoms with E-state index >= 15 is 0 Å². The standard InChI is InChI=1S/C8H6N4O3/c9-8-11-5-4(6(13)12-8)1-3(2-10-5)7(14)15/h1-2,4H,(H,14,15)(H2,9,12,13). The number of guanidine groups is 1. The highest BCUT2D eigenvalue weighted by molar-refractivity contribution is 6.23. The Hall–Kier alpha value is -2.31. The molecule has 2 aliphatic rings. The van der Waals surface area contributed by atoms with Crippen LogP contribution in [0.5, 0.6) is 0 Å². The number of amidine groups is 1. The molecule has 0 aliphatic carbocycles. The third-order valence-corrected chi connectivity index (χ3v) is 1.93. The van der Waals surface area contributed by atoms with Crippen LogP contribution in [0, 0.1) is 5.92 Å². The van der Waals surface area contributed by atoms with Gasteiger partial charge >= 0.3 is 5.97 Å². The van der Waals surface area contributed by atoms with Crippen molar-refractivity contribution in [1.29, 1.82) is 0 Å². The highest BCUT2D eigenvalue weighted by Gasteiger charge is 2.29. The van der Waals surface area contributed by atoms with Gasteiger partial charge in [0.05, 0.1) is 5.57 Å². The molecule has 2 rings (SSSR count). The van der Waals surface area contributed by atoms with Gasteiger partial charge in [0.25, 0.3) is 5.91 Å². The van der Waals surface area contributed by atoms with Crippen LogP contribution in [0.3, 0.4) is 0 Å². The number of nitrogens with two attached hydrogens (primary N) is 1. The Morgan fingerprint density at radius 3 is 2.87 bits per heavy atom. The van der Waals surface area contributed by atoms with Gasteiger partial charge in [-0.3, -0.25) is 4.79 Å². The minimum Gasteiger partial charge on any atom is -0.478 e. The fourth-order valence-electron chi connectivity index (χ4n) is 1.24. The molecule has 0 aromatic rings. The van der Waals surface area contributed by atoms with Gasteiger partial charge in [-0.05, 0) is 6.08 Å². The first kappa shape index (κ1) is 9.25. The summed E-state index contributed by atoms with van der Waals surface area (Å²) in [4.78, 5) is 32.9. The third-order valence-electron chi connectivity index (χ3n) is 1.93. The molecule has 1 atom stereocenters. The van der Waals surface area contributed by atoms with E-state index in [0.29, 0.717) is 0 Å². The Morgan fingerprint density at radius 2 is 2.20 bits per heavy atom. The second-order valence-electron chi connectivity index (χ2n) is 2.94. The first-order valence-electron chi connectivity index (χ1n) is 4.03. The molecule has 0 saturated carbocycles. The minimum absolute atomic E-state index is 0.0528. The zero-order valence-electron chi connectivity index (χ0n) is 7.41. The van der Waals surface area contributed by atoms with Gasteiger partial charge in [0, 0.05) is 6.21 Å². The Morgan fingerprint density at radius 1 is 1.47 bits per heavy atom. The lowest BCUT2D eigenvalue weighted by atomic mass is 10.0. The first-order chi connectivity index (χ1) is 7.08. The third kappa shape index (κ3) is 1.54. The van der Waals surface area contributed by atoms with Crippen LogP contribution >= 0.6 is 0 Å². The van der Waals surface area contributed by atoms with Crippen molar-refractivity contribution in [2.75, 3.05) is 0 Å². The van der Waals surface area contributed by atoms with E-state index < -0.39 is 17.8 Å². The van der Waals surface area contributed by atoms with E-state index in [-0.39, 0.29) is 17.4 Å². The average Bonchev–Trinajstić information content (AvgIpc) is 2.16. The first-order valence-corrected chi connectivity index (χ1v) is 4.03. The van der Waals surface area contributed by atoms with Gasteiger partial charge in [0.1, 0.15) is 11.8 Å². The number of fused-ring (bicyclic) bond motifs is 1. The summed E-state index contributed by atoms with van der Waals surface area (Å²) in [6, 6.07) is 0. The number of aliphatic imine (C=N–C) groups is 3. The van der Waals surface area contributed by atoms with E-state index in [1.165, 1.54) is 6.08 Å². The van der Waals surface area contributed by atoms with Crippen molar-refractivity contribution in [3.63, 3.8) is 0 Å². The molecule has 2 heterocycles. The van der Waals surface area contributed by atoms with Gasteiger partial charge in [-0.15, -0.1) is 0 Å². The number of carbonyl (C=O) groups excluding carboxylic acids is 1. The summed E-state index contributed by atoms with van der Waals surface area (Å²) >= 11 is 0. The van der Waals surface area contributed by atoms with Crippen LogP contribution in [0.4, 0.5) is 0 Å². The van der Waals surface area contributed by atoms with Crippen molar-refractivity contribution in [2.45, 2.75) is 0 Å². The van der Waals surface area contributed by atoms with E-state index in [2.05, 4.69) is 15.0 Å². The Balaban J connectivity index is 2.41. The molecule has 0 spiro atoms. The van der Waals surface area contributed by atoms with Gasteiger partial charge < -0.3 is 10.8 Å². The number of hydrogen-bond donors (Lipinski definition) is 2. The molecule has 2 aliphatic heterocycles. The van der Waals surface area contributed by atoms with E-state index in [4.69, 9.17) is 10.8 Å². The number of carboxylic acids is 1. The molecule has 3 N–H and O–H groups in total. The van der Waals surface area contributed by atoms with Crippen LogP contribution in [0.15, 0.2) is 26.6 Å². The molecule has 1 amide bonds. The summed E-state index contributed by atoms with van der Waals surface area (Å²) in [6.45, 7) is 0. The maximum atomic E-state index is 11.3. The fourth-order valence-corrected chi connectivity index (χ4v) is 1.24. The van der Waals surface area contributed by atoms with Crippen molar-refractivity contribution in [1.82, 2.24) is 0 Å². The number of dihydropyridines is 1. The number of amides is 1. The minimum atomic E-state index is -1.15. The van der Waals surface area contributed by atoms with Crippen LogP contribution in [-0.4, -0.2) is 35.0 Å². The molecule has 76 valence electrons. The van der Waals surface area contributed by atoms with Crippen LogP contribution in [-0.2, 0) is 9.59 Å². The van der Waals surface area contributed by atoms with Crippen molar-refractivity contribution in [3.05, 3.63) is 11.6 Å². The SMILES string of the molecule is NC1=NC(=O)C2C=C(C(=O)O)C=NC2=N1. The van der Waals surface area contributed by atoms with E-state index in [1.807, 2.05) is 0 Å². The summed E-state index contributed by atoms with van der Waals surface area (Å²) in [6.07, 6.45) is 2.38. The summed E-state index contributed by atoms with van der Waals surface area (Å²) in [5, 5.41) is 8.70. The second-order valence-corrected chi connectivity index (χ2v) is 2.94. The molecule has 7 heteroatoms. The van der Waals surface area contributed by atoms with Gasteiger partial charge in [-0.2, -0.15) is 9.98 Å². The van der Waals surface area contributed by atoms with Gasteiger partial charge in [-0.1, -0.05) is 0 Å². The van der Waals surface area contributed by atoms with Crippen LogP contribution in [0.2, 0.25) is 0 Å². The highest BCUT2D eigenvalue weighted by atomic mass is 16.4. The van der Waals surface area contributed by atoms with Gasteiger partial charge in [-0.25, -0.2) is 9.79 Å². The van der Waals surface area contributed by atoms with Gasteiger partial charge in [0.15, 0.2) is 0 Å². The van der Waals surface area contributed by atoms with Crippen molar-refractivity contribution < 1.29 is 14.7 Å². The normalized spacial score (nSPS) is 23.9. The van der Waals surface area contributed by atoms with Gasteiger partial charge in [0.2, 0.25) is 5.96 Å². The van der Waals surface area contributed by atoms with Crippen molar-refractivity contribution in [3.8, 4) is 0 Å². The fraction of sp³-hybridized carbons (Fsp3) is 0.125. The maximum absolute atomic E-state index is 11.3. The number of nitrogens with zero attached hydrogens (tertiary/aromatic N) is 3. The number of carbonyl (C=O) groups is 2. The zero-order chi connectivity index (χ0) is 11.0. The van der Waals surface area contributed by atoms with Crippen LogP contribution in [0.25, 0.3) is 0 Å². The lowest BCUT2D eigenvalue weighted by Crippen LogP contribution is -2.31. The van der Waals surface area contributed by atoms with Crippen molar-refractivity contribution >= 4 is 29.9 Å². The summed E-state index contributed by atoms with van der Waals surface area (Å²) in [7, 11) is 0. The van der Waals surface area contributed by atoms with E-state index in [0.717, 1.165) is 6.21 Å². The summed E-state index contributed by atoms with van der Waals surface area (Å²) in [5.74, 6) is -2.50. The molecule has 0 aromatic heterocycles. The molecule has 0 saturated heterocycles. The molecular weight excluding hydrogens is 200 g/mol. The lowest BCUT2D eigenvalue weighted by Gasteiger charge is -2.16. The quantitative estimate of drug-likeness (QED) is 0.569. The van der Waals surface area contributed by atoms with Crippen LogP contribution in [0.1, 0.15) is 0 Å². The predicted octanol–water partition coefficient (Wildman–Crippen LogP) is -1.05. The second kappa shape index (κ2) is 3.12. The summed E-state index contributed by atoms with van der Waals surface area (Å²) in [5.41, 5.74) is 5.20. The Kier molecular flexibility index (Phi) is 1.93. The Labute approximate surface area is 83.7 Å². The Bertz CT molecular complexity index is 472. The lowest BCUT2D eigenvalue weighted by molar-refractivity contribution is -0.132. The van der Waals surface area contributed by atoms with Crippen molar-refractivity contribution in [2.24, 2.45) is 26.6 Å². The van der Waals surface area contributed by atoms with Crippen LogP contribution < -0.4 is 5.73 Å². The molecule has 7 nitrogen and oxygen atoms in total. The molecule has 0 bridgehead atoms. The molecular formula is C8H6N4O3. The number of hydrogen-bond acceptors (Lipinski definition) is 5. The molecule has 0 aromatic carbocycles. The molecule has 1 unspecified atom stereocenters. The monoisotopic (exact) mass is 206 g/mol. The number of rotatable bonds is 1. The van der Waals surface area contributed by atoms with E-state index in [1.54, 1.807) is 0 Å². The topological polar surface area (TPSA) is 117 Å². The predicted molar refractivity (Wildman–Crippen MR) is 51.8 cm³/mol. The largest absolute Gasteiger partial charge is 0.478 e.